The van der Waals surface area contributed by atoms with Gasteiger partial charge in [0, 0.05) is 25.3 Å². The van der Waals surface area contributed by atoms with Gasteiger partial charge >= 0.3 is 11.8 Å². The fourth-order valence-corrected chi connectivity index (χ4v) is 2.18. The summed E-state index contributed by atoms with van der Waals surface area (Å²) in [5.74, 6) is 4.41. The summed E-state index contributed by atoms with van der Waals surface area (Å²) in [6, 6.07) is 3.52. The smallest absolute Gasteiger partial charge is 0.312 e. The van der Waals surface area contributed by atoms with Crippen molar-refractivity contribution in [3.63, 3.8) is 0 Å². The number of nitrogens with two attached hydrogens (primary N) is 1. The second kappa shape index (κ2) is 5.87. The second-order valence-electron chi connectivity index (χ2n) is 5.00. The average molecular weight is 277 g/mol. The summed E-state index contributed by atoms with van der Waals surface area (Å²) < 4.78 is 0. The van der Waals surface area contributed by atoms with Crippen molar-refractivity contribution in [3.05, 3.63) is 24.0 Å². The Morgan fingerprint density at radius 1 is 1.35 bits per heavy atom. The average Bonchev–Trinajstić information content (AvgIpc) is 2.44. The first kappa shape index (κ1) is 14.3. The quantitative estimate of drug-likeness (QED) is 0.457. The summed E-state index contributed by atoms with van der Waals surface area (Å²) in [6.45, 7) is 5.19. The largest absolute Gasteiger partial charge is 0.330 e. The maximum atomic E-state index is 12.1. The number of rotatable bonds is 4. The molecule has 1 aromatic rings. The summed E-state index contributed by atoms with van der Waals surface area (Å²) in [4.78, 5) is 31.3. The van der Waals surface area contributed by atoms with E-state index >= 15 is 0 Å². The fourth-order valence-electron chi connectivity index (χ4n) is 2.18. The van der Waals surface area contributed by atoms with Gasteiger partial charge in [0.15, 0.2) is 0 Å². The molecule has 0 saturated carbocycles. The Hall–Kier alpha value is -2.15. The minimum absolute atomic E-state index is 0.0384. The highest BCUT2D eigenvalue weighted by Gasteiger charge is 2.33. The van der Waals surface area contributed by atoms with Gasteiger partial charge in [-0.05, 0) is 26.0 Å². The van der Waals surface area contributed by atoms with Gasteiger partial charge in [0.2, 0.25) is 0 Å². The Kier molecular flexibility index (Phi) is 4.19. The second-order valence-corrected chi connectivity index (χ2v) is 5.00. The highest BCUT2D eigenvalue weighted by atomic mass is 16.2. The summed E-state index contributed by atoms with van der Waals surface area (Å²) in [7, 11) is 0. The van der Waals surface area contributed by atoms with Crippen LogP contribution in [-0.4, -0.2) is 45.7 Å². The number of amides is 2. The molecule has 0 aliphatic carbocycles. The maximum Gasteiger partial charge on any atom is 0.312 e. The highest BCUT2D eigenvalue weighted by molar-refractivity contribution is 6.35. The van der Waals surface area contributed by atoms with E-state index in [-0.39, 0.29) is 6.04 Å². The van der Waals surface area contributed by atoms with Gasteiger partial charge in [0.25, 0.3) is 0 Å². The highest BCUT2D eigenvalue weighted by Crippen LogP contribution is 2.13. The third-order valence-corrected chi connectivity index (χ3v) is 3.30. The van der Waals surface area contributed by atoms with E-state index in [1.54, 1.807) is 23.2 Å². The van der Waals surface area contributed by atoms with Crippen LogP contribution < -0.4 is 11.3 Å². The van der Waals surface area contributed by atoms with Gasteiger partial charge < -0.3 is 15.2 Å². The number of carbonyl (C=O) groups is 2. The number of pyridine rings is 1. The lowest BCUT2D eigenvalue weighted by molar-refractivity contribution is -0.157. The van der Waals surface area contributed by atoms with Crippen molar-refractivity contribution in [3.8, 4) is 0 Å². The Morgan fingerprint density at radius 3 is 2.75 bits per heavy atom. The molecule has 0 unspecified atom stereocenters. The fraction of sp³-hybridized carbons (Fsp3) is 0.462. The molecule has 7 nitrogen and oxygen atoms in total. The van der Waals surface area contributed by atoms with Gasteiger partial charge in [0.05, 0.1) is 17.9 Å². The number of nitrogens with zero attached hydrogens (tertiary/aromatic N) is 3. The van der Waals surface area contributed by atoms with E-state index in [1.165, 1.54) is 4.90 Å². The molecule has 0 bridgehead atoms. The molecule has 20 heavy (non-hydrogen) atoms. The molecule has 108 valence electrons. The van der Waals surface area contributed by atoms with Crippen LogP contribution in [0.1, 0.15) is 19.5 Å². The van der Waals surface area contributed by atoms with E-state index in [2.05, 4.69) is 10.4 Å². The Balaban J connectivity index is 2.07. The Labute approximate surface area is 117 Å². The van der Waals surface area contributed by atoms with Crippen molar-refractivity contribution in [2.24, 2.45) is 5.84 Å². The SMILES string of the molecule is CC(C)N1CCN(Cc2cc(NN)ccn2)C(=O)C1=O. The number of nitrogens with one attached hydrogen (secondary N) is 1. The lowest BCUT2D eigenvalue weighted by Gasteiger charge is -2.35. The summed E-state index contributed by atoms with van der Waals surface area (Å²) >= 11 is 0. The van der Waals surface area contributed by atoms with Crippen molar-refractivity contribution in [2.75, 3.05) is 18.5 Å². The molecular weight excluding hydrogens is 258 g/mol. The van der Waals surface area contributed by atoms with Crippen molar-refractivity contribution < 1.29 is 9.59 Å². The predicted molar refractivity (Wildman–Crippen MR) is 74.3 cm³/mol. The third-order valence-electron chi connectivity index (χ3n) is 3.30. The Bertz CT molecular complexity index is 517. The summed E-state index contributed by atoms with van der Waals surface area (Å²) in [5, 5.41) is 0. The van der Waals surface area contributed by atoms with Crippen LogP contribution in [0.5, 0.6) is 0 Å². The van der Waals surface area contributed by atoms with Crippen LogP contribution in [0.15, 0.2) is 18.3 Å². The Morgan fingerprint density at radius 2 is 2.10 bits per heavy atom. The number of piperazine rings is 1. The van der Waals surface area contributed by atoms with Crippen LogP contribution in [-0.2, 0) is 16.1 Å². The number of aromatic nitrogens is 1. The first-order chi connectivity index (χ1) is 9.52. The minimum atomic E-state index is -0.474. The molecule has 0 spiro atoms. The molecule has 0 atom stereocenters. The van der Waals surface area contributed by atoms with Crippen LogP contribution in [0.4, 0.5) is 5.69 Å². The maximum absolute atomic E-state index is 12.1. The van der Waals surface area contributed by atoms with Gasteiger partial charge in [0.1, 0.15) is 0 Å². The van der Waals surface area contributed by atoms with Crippen molar-refractivity contribution in [1.82, 2.24) is 14.8 Å². The third kappa shape index (κ3) is 2.88. The van der Waals surface area contributed by atoms with Crippen molar-refractivity contribution >= 4 is 17.5 Å². The molecule has 2 heterocycles. The van der Waals surface area contributed by atoms with Crippen molar-refractivity contribution in [2.45, 2.75) is 26.4 Å². The van der Waals surface area contributed by atoms with Gasteiger partial charge in [-0.15, -0.1) is 0 Å². The van der Waals surface area contributed by atoms with E-state index in [0.29, 0.717) is 25.3 Å². The molecule has 0 radical (unpaired) electrons. The predicted octanol–water partition coefficient (Wildman–Crippen LogP) is -0.0536. The van der Waals surface area contributed by atoms with Crippen molar-refractivity contribution in [1.29, 1.82) is 0 Å². The minimum Gasteiger partial charge on any atom is -0.330 e. The molecular formula is C13H19N5O2. The topological polar surface area (TPSA) is 91.6 Å². The van der Waals surface area contributed by atoms with Crippen LogP contribution in [0, 0.1) is 0 Å². The monoisotopic (exact) mass is 277 g/mol. The van der Waals surface area contributed by atoms with Crippen LogP contribution >= 0.6 is 0 Å². The lowest BCUT2D eigenvalue weighted by Crippen LogP contribution is -2.55. The first-order valence-electron chi connectivity index (χ1n) is 6.54. The number of hydrogen-bond donors (Lipinski definition) is 2. The molecule has 7 heteroatoms. The molecule has 2 rings (SSSR count). The van der Waals surface area contributed by atoms with Gasteiger partial charge in [-0.2, -0.15) is 0 Å². The van der Waals surface area contributed by atoms with Crippen LogP contribution in [0.2, 0.25) is 0 Å². The number of carbonyl (C=O) groups excluding carboxylic acids is 2. The molecule has 2 amide bonds. The molecule has 1 aliphatic heterocycles. The molecule has 1 saturated heterocycles. The van der Waals surface area contributed by atoms with Gasteiger partial charge in [-0.3, -0.25) is 20.4 Å². The number of nitrogen functional groups attached to an aromatic ring is 1. The zero-order chi connectivity index (χ0) is 14.7. The summed E-state index contributed by atoms with van der Waals surface area (Å²) in [6.07, 6.45) is 1.61. The normalized spacial score (nSPS) is 16.0. The van der Waals surface area contributed by atoms with Gasteiger partial charge in [-0.25, -0.2) is 0 Å². The zero-order valence-corrected chi connectivity index (χ0v) is 11.7. The number of hydrazine groups is 1. The number of hydrogen-bond acceptors (Lipinski definition) is 5. The molecule has 1 fully saturated rings. The summed E-state index contributed by atoms with van der Waals surface area (Å²) in [5.41, 5.74) is 3.94. The molecule has 0 aromatic carbocycles. The molecule has 1 aliphatic rings. The standard InChI is InChI=1S/C13H19N5O2/c1-9(2)18-6-5-17(12(19)13(18)20)8-11-7-10(16-14)3-4-15-11/h3-4,7,9H,5-6,8,14H2,1-2H3,(H,15,16). The molecule has 3 N–H and O–H groups in total. The van der Waals surface area contributed by atoms with E-state index in [0.717, 1.165) is 5.69 Å². The zero-order valence-electron chi connectivity index (χ0n) is 11.7. The van der Waals surface area contributed by atoms with Crippen LogP contribution in [0.3, 0.4) is 0 Å². The lowest BCUT2D eigenvalue weighted by atomic mass is 10.2. The van der Waals surface area contributed by atoms with Gasteiger partial charge in [-0.1, -0.05) is 0 Å². The van der Waals surface area contributed by atoms with E-state index in [1.807, 2.05) is 13.8 Å². The van der Waals surface area contributed by atoms with Crippen LogP contribution in [0.25, 0.3) is 0 Å². The van der Waals surface area contributed by atoms with E-state index < -0.39 is 11.8 Å². The first-order valence-corrected chi connectivity index (χ1v) is 6.54. The number of anilines is 1. The van der Waals surface area contributed by atoms with E-state index in [9.17, 15) is 9.59 Å². The molecule has 1 aromatic heterocycles. The van der Waals surface area contributed by atoms with E-state index in [4.69, 9.17) is 5.84 Å².